The van der Waals surface area contributed by atoms with Crippen LogP contribution in [0.1, 0.15) is 27.8 Å². The first-order valence-corrected chi connectivity index (χ1v) is 9.44. The highest BCUT2D eigenvalue weighted by Crippen LogP contribution is 2.19. The van der Waals surface area contributed by atoms with Crippen molar-refractivity contribution in [1.82, 2.24) is 4.98 Å². The first-order chi connectivity index (χ1) is 12.7. The number of aryl methyl sites for hydroxylation is 2. The summed E-state index contributed by atoms with van der Waals surface area (Å²) >= 11 is 1.86. The Hall–Kier alpha value is -2.94. The molecule has 3 aromatic rings. The maximum Gasteiger partial charge on any atom is 0.0272 e. The van der Waals surface area contributed by atoms with Crippen molar-refractivity contribution in [3.05, 3.63) is 94.8 Å². The zero-order valence-corrected chi connectivity index (χ0v) is 15.5. The Morgan fingerprint density at radius 3 is 2.31 bits per heavy atom. The van der Waals surface area contributed by atoms with Crippen molar-refractivity contribution in [2.24, 2.45) is 0 Å². The lowest BCUT2D eigenvalue weighted by Gasteiger charge is -2.02. The summed E-state index contributed by atoms with van der Waals surface area (Å²) in [6.07, 6.45) is 10.2. The quantitative estimate of drug-likeness (QED) is 0.478. The van der Waals surface area contributed by atoms with E-state index < -0.39 is 0 Å². The van der Waals surface area contributed by atoms with E-state index in [1.54, 1.807) is 0 Å². The van der Waals surface area contributed by atoms with Crippen LogP contribution in [0.2, 0.25) is 0 Å². The monoisotopic (exact) mass is 353 g/mol. The van der Waals surface area contributed by atoms with Crippen molar-refractivity contribution in [3.63, 3.8) is 0 Å². The highest BCUT2D eigenvalue weighted by molar-refractivity contribution is 7.99. The van der Waals surface area contributed by atoms with E-state index in [9.17, 15) is 0 Å². The number of aromatic nitrogens is 1. The van der Waals surface area contributed by atoms with Gasteiger partial charge in [0, 0.05) is 39.7 Å². The Kier molecular flexibility index (Phi) is 6.15. The average molecular weight is 353 g/mol. The SMILES string of the molecule is C#Cc1ccc(C#Cc2ccc(SCCc3ccncc3)cc2)cc1C. The van der Waals surface area contributed by atoms with Gasteiger partial charge in [-0.05, 0) is 79.1 Å². The third-order valence-corrected chi connectivity index (χ3v) is 5.01. The maximum absolute atomic E-state index is 5.46. The van der Waals surface area contributed by atoms with Gasteiger partial charge in [0.25, 0.3) is 0 Å². The van der Waals surface area contributed by atoms with Crippen LogP contribution in [-0.2, 0) is 6.42 Å². The fourth-order valence-electron chi connectivity index (χ4n) is 2.52. The number of hydrogen-bond donors (Lipinski definition) is 0. The van der Waals surface area contributed by atoms with E-state index in [0.717, 1.165) is 34.4 Å². The van der Waals surface area contributed by atoms with Crippen molar-refractivity contribution in [2.75, 3.05) is 5.75 Å². The van der Waals surface area contributed by atoms with Crippen LogP contribution in [0.25, 0.3) is 0 Å². The van der Waals surface area contributed by atoms with Crippen LogP contribution in [0.15, 0.2) is 71.9 Å². The predicted octanol–water partition coefficient (Wildman–Crippen LogP) is 5.11. The summed E-state index contributed by atoms with van der Waals surface area (Å²) in [5.41, 5.74) is 5.32. The van der Waals surface area contributed by atoms with Gasteiger partial charge in [0.15, 0.2) is 0 Å². The van der Waals surface area contributed by atoms with Crippen molar-refractivity contribution in [3.8, 4) is 24.2 Å². The van der Waals surface area contributed by atoms with E-state index in [4.69, 9.17) is 6.42 Å². The highest BCUT2D eigenvalue weighted by atomic mass is 32.2. The number of pyridine rings is 1. The van der Waals surface area contributed by atoms with Gasteiger partial charge in [0.05, 0.1) is 0 Å². The second-order valence-electron chi connectivity index (χ2n) is 5.90. The predicted molar refractivity (Wildman–Crippen MR) is 110 cm³/mol. The molecule has 0 bridgehead atoms. The van der Waals surface area contributed by atoms with Gasteiger partial charge in [-0.3, -0.25) is 4.98 Å². The highest BCUT2D eigenvalue weighted by Gasteiger charge is 1.97. The van der Waals surface area contributed by atoms with Crippen LogP contribution in [0, 0.1) is 31.1 Å². The van der Waals surface area contributed by atoms with Gasteiger partial charge in [-0.2, -0.15) is 0 Å². The summed E-state index contributed by atoms with van der Waals surface area (Å²) in [6, 6.07) is 18.5. The number of nitrogens with zero attached hydrogens (tertiary/aromatic N) is 1. The van der Waals surface area contributed by atoms with E-state index in [1.165, 1.54) is 10.5 Å². The van der Waals surface area contributed by atoms with Crippen molar-refractivity contribution in [2.45, 2.75) is 18.2 Å². The van der Waals surface area contributed by atoms with Gasteiger partial charge in [0.2, 0.25) is 0 Å². The normalized spacial score (nSPS) is 9.85. The first kappa shape index (κ1) is 17.9. The molecule has 0 atom stereocenters. The smallest absolute Gasteiger partial charge is 0.0272 e. The molecule has 0 fully saturated rings. The Bertz CT molecular complexity index is 971. The largest absolute Gasteiger partial charge is 0.265 e. The molecule has 0 amide bonds. The number of benzene rings is 2. The molecule has 0 unspecified atom stereocenters. The number of hydrogen-bond acceptors (Lipinski definition) is 2. The van der Waals surface area contributed by atoms with E-state index in [-0.39, 0.29) is 0 Å². The molecule has 0 aliphatic rings. The molecule has 0 aliphatic carbocycles. The summed E-state index contributed by atoms with van der Waals surface area (Å²) < 4.78 is 0. The fourth-order valence-corrected chi connectivity index (χ4v) is 3.42. The zero-order valence-electron chi connectivity index (χ0n) is 14.7. The maximum atomic E-state index is 5.46. The van der Waals surface area contributed by atoms with Gasteiger partial charge < -0.3 is 0 Å². The molecule has 0 radical (unpaired) electrons. The molecule has 2 aromatic carbocycles. The summed E-state index contributed by atoms with van der Waals surface area (Å²) in [5.74, 6) is 10.2. The number of terminal acetylenes is 1. The zero-order chi connectivity index (χ0) is 18.2. The summed E-state index contributed by atoms with van der Waals surface area (Å²) in [4.78, 5) is 5.31. The van der Waals surface area contributed by atoms with Crippen LogP contribution in [-0.4, -0.2) is 10.7 Å². The summed E-state index contributed by atoms with van der Waals surface area (Å²) in [5, 5.41) is 0. The molecule has 0 saturated heterocycles. The standard InChI is InChI=1S/C24H19NS/c1-3-23-9-6-22(18-19(23)2)5-4-20-7-10-24(11-8-20)26-17-14-21-12-15-25-16-13-21/h1,6-13,15-16,18H,14,17H2,2H3. The second-order valence-corrected chi connectivity index (χ2v) is 7.07. The first-order valence-electron chi connectivity index (χ1n) is 8.45. The van der Waals surface area contributed by atoms with Crippen LogP contribution < -0.4 is 0 Å². The van der Waals surface area contributed by atoms with E-state index in [1.807, 2.05) is 49.3 Å². The minimum absolute atomic E-state index is 0.920. The Labute approximate surface area is 159 Å². The molecule has 1 nitrogen and oxygen atoms in total. The van der Waals surface area contributed by atoms with Gasteiger partial charge in [-0.1, -0.05) is 17.8 Å². The molecule has 0 spiro atoms. The van der Waals surface area contributed by atoms with Gasteiger partial charge in [-0.15, -0.1) is 18.2 Å². The Balaban J connectivity index is 1.58. The van der Waals surface area contributed by atoms with E-state index in [2.05, 4.69) is 59.1 Å². The fraction of sp³-hybridized carbons (Fsp3) is 0.125. The van der Waals surface area contributed by atoms with Crippen LogP contribution >= 0.6 is 11.8 Å². The molecular weight excluding hydrogens is 334 g/mol. The molecule has 1 heterocycles. The van der Waals surface area contributed by atoms with Crippen LogP contribution in [0.3, 0.4) is 0 Å². The molecule has 0 N–H and O–H groups in total. The van der Waals surface area contributed by atoms with E-state index >= 15 is 0 Å². The van der Waals surface area contributed by atoms with E-state index in [0.29, 0.717) is 0 Å². The second kappa shape index (κ2) is 8.95. The van der Waals surface area contributed by atoms with Crippen molar-refractivity contribution in [1.29, 1.82) is 0 Å². The summed E-state index contributed by atoms with van der Waals surface area (Å²) in [7, 11) is 0. The van der Waals surface area contributed by atoms with Crippen LogP contribution in [0.4, 0.5) is 0 Å². The molecule has 0 saturated carbocycles. The minimum Gasteiger partial charge on any atom is -0.265 e. The molecule has 2 heteroatoms. The molecular formula is C24H19NS. The number of rotatable bonds is 4. The van der Waals surface area contributed by atoms with Crippen molar-refractivity contribution >= 4 is 11.8 Å². The lowest BCUT2D eigenvalue weighted by molar-refractivity contribution is 1.13. The average Bonchev–Trinajstić information content (AvgIpc) is 2.68. The Morgan fingerprint density at radius 2 is 1.62 bits per heavy atom. The van der Waals surface area contributed by atoms with Gasteiger partial charge >= 0.3 is 0 Å². The van der Waals surface area contributed by atoms with Gasteiger partial charge in [0.1, 0.15) is 0 Å². The van der Waals surface area contributed by atoms with Crippen molar-refractivity contribution < 1.29 is 0 Å². The third-order valence-electron chi connectivity index (χ3n) is 4.00. The van der Waals surface area contributed by atoms with Gasteiger partial charge in [-0.25, -0.2) is 0 Å². The Morgan fingerprint density at radius 1 is 0.923 bits per heavy atom. The third kappa shape index (κ3) is 5.03. The lowest BCUT2D eigenvalue weighted by Crippen LogP contribution is -1.88. The molecule has 3 rings (SSSR count). The molecule has 126 valence electrons. The number of thioether (sulfide) groups is 1. The molecule has 0 aliphatic heterocycles. The molecule has 1 aromatic heterocycles. The van der Waals surface area contributed by atoms with Crippen LogP contribution in [0.5, 0.6) is 0 Å². The minimum atomic E-state index is 0.920. The molecule has 26 heavy (non-hydrogen) atoms. The summed E-state index contributed by atoms with van der Waals surface area (Å²) in [6.45, 7) is 2.01. The lowest BCUT2D eigenvalue weighted by atomic mass is 10.1. The topological polar surface area (TPSA) is 12.9 Å².